The van der Waals surface area contributed by atoms with Crippen LogP contribution < -0.4 is 0 Å². The Kier molecular flexibility index (Phi) is 6.96. The number of hydrogen-bond acceptors (Lipinski definition) is 1. The van der Waals surface area contributed by atoms with Gasteiger partial charge in [-0.05, 0) is 43.9 Å². The summed E-state index contributed by atoms with van der Waals surface area (Å²) in [5.74, 6) is 3.32. The molecule has 0 heterocycles. The summed E-state index contributed by atoms with van der Waals surface area (Å²) in [6.07, 6.45) is 10.4. The summed E-state index contributed by atoms with van der Waals surface area (Å²) < 4.78 is 0. The van der Waals surface area contributed by atoms with Crippen molar-refractivity contribution in [1.29, 1.82) is 0 Å². The quantitative estimate of drug-likeness (QED) is 0.578. The maximum atomic E-state index is 11.4. The van der Waals surface area contributed by atoms with E-state index in [1.54, 1.807) is 6.92 Å². The third-order valence-electron chi connectivity index (χ3n) is 5.02. The number of hydrogen-bond donors (Lipinski definition) is 0. The minimum absolute atomic E-state index is 0.384. The monoisotopic (exact) mass is 252 g/mol. The molecule has 0 aromatic rings. The second kappa shape index (κ2) is 7.96. The average molecular weight is 252 g/mol. The van der Waals surface area contributed by atoms with E-state index in [0.717, 1.165) is 24.2 Å². The molecule has 1 rings (SSSR count). The molecule has 0 spiro atoms. The zero-order valence-electron chi connectivity index (χ0n) is 12.9. The lowest BCUT2D eigenvalue weighted by Crippen LogP contribution is -2.12. The molecule has 1 nitrogen and oxygen atoms in total. The topological polar surface area (TPSA) is 17.1 Å². The highest BCUT2D eigenvalue weighted by atomic mass is 16.1. The fourth-order valence-corrected chi connectivity index (χ4v) is 3.38. The summed E-state index contributed by atoms with van der Waals surface area (Å²) in [5.41, 5.74) is 0. The van der Waals surface area contributed by atoms with Gasteiger partial charge in [0.1, 0.15) is 5.78 Å². The Morgan fingerprint density at radius 2 is 1.89 bits per heavy atom. The van der Waals surface area contributed by atoms with E-state index in [1.165, 1.54) is 44.9 Å². The molecule has 0 bridgehead atoms. The van der Waals surface area contributed by atoms with Gasteiger partial charge in [-0.1, -0.05) is 52.9 Å². The van der Waals surface area contributed by atoms with Crippen LogP contribution in [0.4, 0.5) is 0 Å². The van der Waals surface area contributed by atoms with Crippen LogP contribution in [0.25, 0.3) is 0 Å². The van der Waals surface area contributed by atoms with Gasteiger partial charge in [-0.2, -0.15) is 0 Å². The molecule has 0 radical (unpaired) electrons. The highest BCUT2D eigenvalue weighted by molar-refractivity contribution is 5.78. The van der Waals surface area contributed by atoms with Crippen LogP contribution in [0.15, 0.2) is 0 Å². The van der Waals surface area contributed by atoms with Gasteiger partial charge in [0.05, 0.1) is 0 Å². The van der Waals surface area contributed by atoms with E-state index in [-0.39, 0.29) is 0 Å². The zero-order chi connectivity index (χ0) is 13.5. The molecule has 0 N–H and O–H groups in total. The van der Waals surface area contributed by atoms with Crippen molar-refractivity contribution in [2.24, 2.45) is 23.7 Å². The molecule has 0 unspecified atom stereocenters. The van der Waals surface area contributed by atoms with E-state index in [2.05, 4.69) is 20.8 Å². The van der Waals surface area contributed by atoms with Crippen molar-refractivity contribution in [2.45, 2.75) is 79.1 Å². The van der Waals surface area contributed by atoms with Crippen molar-refractivity contribution >= 4 is 5.78 Å². The highest BCUT2D eigenvalue weighted by Gasteiger charge is 2.30. The van der Waals surface area contributed by atoms with Crippen molar-refractivity contribution in [3.63, 3.8) is 0 Å². The third kappa shape index (κ3) is 5.12. The first-order valence-corrected chi connectivity index (χ1v) is 8.05. The molecule has 1 fully saturated rings. The smallest absolute Gasteiger partial charge is 0.132 e. The summed E-state index contributed by atoms with van der Waals surface area (Å²) >= 11 is 0. The lowest BCUT2D eigenvalue weighted by Gasteiger charge is -2.21. The van der Waals surface area contributed by atoms with Crippen LogP contribution in [0.5, 0.6) is 0 Å². The lowest BCUT2D eigenvalue weighted by atomic mass is 9.85. The van der Waals surface area contributed by atoms with E-state index in [1.807, 2.05) is 0 Å². The van der Waals surface area contributed by atoms with Gasteiger partial charge in [-0.25, -0.2) is 0 Å². The number of Topliss-reactive ketones (excluding diaryl/α,β-unsaturated/α-hetero) is 1. The van der Waals surface area contributed by atoms with E-state index < -0.39 is 0 Å². The second-order valence-corrected chi connectivity index (χ2v) is 6.68. The predicted octanol–water partition coefficient (Wildman–Crippen LogP) is 5.23. The minimum Gasteiger partial charge on any atom is -0.300 e. The Labute approximate surface area is 114 Å². The molecule has 4 atom stereocenters. The fraction of sp³-hybridized carbons (Fsp3) is 0.941. The van der Waals surface area contributed by atoms with Crippen molar-refractivity contribution < 1.29 is 4.79 Å². The molecular weight excluding hydrogens is 220 g/mol. The van der Waals surface area contributed by atoms with Gasteiger partial charge < -0.3 is 0 Å². The lowest BCUT2D eigenvalue weighted by molar-refractivity contribution is -0.120. The van der Waals surface area contributed by atoms with Crippen LogP contribution in [-0.2, 0) is 4.79 Å². The van der Waals surface area contributed by atoms with E-state index in [9.17, 15) is 4.79 Å². The third-order valence-corrected chi connectivity index (χ3v) is 5.02. The van der Waals surface area contributed by atoms with Crippen molar-refractivity contribution in [1.82, 2.24) is 0 Å². The number of unbranched alkanes of at least 4 members (excludes halogenated alkanes) is 1. The second-order valence-electron chi connectivity index (χ2n) is 6.68. The van der Waals surface area contributed by atoms with E-state index >= 15 is 0 Å². The Hall–Kier alpha value is -0.330. The number of ketones is 1. The minimum atomic E-state index is 0.384. The summed E-state index contributed by atoms with van der Waals surface area (Å²) in [6.45, 7) is 8.84. The van der Waals surface area contributed by atoms with Gasteiger partial charge in [0, 0.05) is 5.92 Å². The molecule has 18 heavy (non-hydrogen) atoms. The van der Waals surface area contributed by atoms with Gasteiger partial charge >= 0.3 is 0 Å². The van der Waals surface area contributed by atoms with Gasteiger partial charge in [-0.3, -0.25) is 4.79 Å². The van der Waals surface area contributed by atoms with Crippen molar-refractivity contribution in [2.75, 3.05) is 0 Å². The van der Waals surface area contributed by atoms with Crippen LogP contribution in [-0.4, -0.2) is 5.78 Å². The Balaban J connectivity index is 2.21. The molecule has 1 aliphatic rings. The van der Waals surface area contributed by atoms with Gasteiger partial charge in [0.25, 0.3) is 0 Å². The number of rotatable bonds is 8. The first-order valence-electron chi connectivity index (χ1n) is 8.05. The largest absolute Gasteiger partial charge is 0.300 e. The maximum absolute atomic E-state index is 11.4. The average Bonchev–Trinajstić information content (AvgIpc) is 2.83. The molecule has 1 aliphatic carbocycles. The molecular formula is C17H32O. The predicted molar refractivity (Wildman–Crippen MR) is 78.6 cm³/mol. The molecule has 0 saturated heterocycles. The van der Waals surface area contributed by atoms with Gasteiger partial charge in [0.2, 0.25) is 0 Å². The Morgan fingerprint density at radius 1 is 1.17 bits per heavy atom. The highest BCUT2D eigenvalue weighted by Crippen LogP contribution is 2.38. The van der Waals surface area contributed by atoms with Crippen LogP contribution in [0.2, 0.25) is 0 Å². The molecule has 0 aliphatic heterocycles. The first-order chi connectivity index (χ1) is 8.54. The van der Waals surface area contributed by atoms with E-state index in [0.29, 0.717) is 11.7 Å². The van der Waals surface area contributed by atoms with Crippen LogP contribution in [0.3, 0.4) is 0 Å². The first kappa shape index (κ1) is 15.7. The molecule has 1 saturated carbocycles. The van der Waals surface area contributed by atoms with Crippen LogP contribution in [0.1, 0.15) is 79.1 Å². The van der Waals surface area contributed by atoms with Gasteiger partial charge in [0.15, 0.2) is 0 Å². The number of carbonyl (C=O) groups excluding carboxylic acids is 1. The maximum Gasteiger partial charge on any atom is 0.132 e. The summed E-state index contributed by atoms with van der Waals surface area (Å²) in [6, 6.07) is 0. The van der Waals surface area contributed by atoms with Gasteiger partial charge in [-0.15, -0.1) is 0 Å². The molecule has 1 heteroatoms. The summed E-state index contributed by atoms with van der Waals surface area (Å²) in [7, 11) is 0. The zero-order valence-corrected chi connectivity index (χ0v) is 12.9. The van der Waals surface area contributed by atoms with E-state index in [4.69, 9.17) is 0 Å². The molecule has 0 amide bonds. The number of carbonyl (C=O) groups is 1. The summed E-state index contributed by atoms with van der Waals surface area (Å²) in [5, 5.41) is 0. The molecule has 0 aromatic carbocycles. The molecule has 106 valence electrons. The van der Waals surface area contributed by atoms with Crippen LogP contribution >= 0.6 is 0 Å². The SMILES string of the molecule is CCCC[C@@H](C)CC[C@H](C)[C@@H]1CC[C@H](C(C)=O)C1. The van der Waals surface area contributed by atoms with Crippen LogP contribution in [0, 0.1) is 23.7 Å². The summed E-state index contributed by atoms with van der Waals surface area (Å²) in [4.78, 5) is 11.4. The molecule has 0 aromatic heterocycles. The normalized spacial score (nSPS) is 27.1. The standard InChI is InChI=1S/C17H32O/c1-5-6-7-13(2)8-9-14(3)16-10-11-17(12-16)15(4)18/h13-14,16-17H,5-12H2,1-4H3/t13-,14+,16-,17+/m1/s1. The van der Waals surface area contributed by atoms with Crippen molar-refractivity contribution in [3.05, 3.63) is 0 Å². The Bertz CT molecular complexity index is 246. The van der Waals surface area contributed by atoms with Crippen molar-refractivity contribution in [3.8, 4) is 0 Å². The fourth-order valence-electron chi connectivity index (χ4n) is 3.38. The Morgan fingerprint density at radius 3 is 2.44 bits per heavy atom.